The number of nitrogens with zero attached hydrogens (tertiary/aromatic N) is 1. The van der Waals surface area contributed by atoms with Crippen molar-refractivity contribution >= 4 is 23.3 Å². The number of ketones is 1. The zero-order chi connectivity index (χ0) is 20.3. The Morgan fingerprint density at radius 1 is 1.18 bits per heavy atom. The lowest BCUT2D eigenvalue weighted by molar-refractivity contribution is -0.147. The van der Waals surface area contributed by atoms with Gasteiger partial charge in [0.1, 0.15) is 5.76 Å². The number of benzene rings is 1. The summed E-state index contributed by atoms with van der Waals surface area (Å²) in [5.41, 5.74) is 2.13. The molecular weight excluding hydrogens is 368 g/mol. The molecule has 2 heterocycles. The number of nitrogens with one attached hydrogen (secondary N) is 1. The number of hydrogen-bond acceptors (Lipinski definition) is 8. The fourth-order valence-electron chi connectivity index (χ4n) is 2.83. The number of Topliss-reactive ketones (excluding diaryl/α,β-unsaturated/α-hetero) is 1. The normalized spacial score (nSPS) is 12.0. The molecule has 1 aromatic heterocycles. The molecule has 0 aliphatic carbocycles. The molecule has 9 nitrogen and oxygen atoms in total. The van der Waals surface area contributed by atoms with E-state index < -0.39 is 18.5 Å². The maximum atomic E-state index is 12.1. The summed E-state index contributed by atoms with van der Waals surface area (Å²) < 4.78 is 20.5. The molecule has 1 aromatic carbocycles. The van der Waals surface area contributed by atoms with Crippen molar-refractivity contribution in [1.82, 2.24) is 5.16 Å². The molecule has 28 heavy (non-hydrogen) atoms. The van der Waals surface area contributed by atoms with Crippen LogP contribution in [-0.2, 0) is 20.7 Å². The van der Waals surface area contributed by atoms with Crippen molar-refractivity contribution in [2.24, 2.45) is 0 Å². The SMILES string of the molecule is CC(=O)c1cc2c(cc1NC(=O)COC(=O)CCc1c(C)noc1C)OCO2. The van der Waals surface area contributed by atoms with E-state index in [9.17, 15) is 14.4 Å². The lowest BCUT2D eigenvalue weighted by Crippen LogP contribution is -2.22. The molecule has 3 rings (SSSR count). The van der Waals surface area contributed by atoms with Gasteiger partial charge in [0.25, 0.3) is 5.91 Å². The molecule has 1 aliphatic heterocycles. The van der Waals surface area contributed by atoms with E-state index in [2.05, 4.69) is 10.5 Å². The highest BCUT2D eigenvalue weighted by molar-refractivity contribution is 6.05. The van der Waals surface area contributed by atoms with Crippen molar-refractivity contribution in [2.75, 3.05) is 18.7 Å². The summed E-state index contributed by atoms with van der Waals surface area (Å²) >= 11 is 0. The second kappa shape index (κ2) is 8.12. The van der Waals surface area contributed by atoms with Crippen molar-refractivity contribution < 1.29 is 33.1 Å². The third-order valence-electron chi connectivity index (χ3n) is 4.29. The van der Waals surface area contributed by atoms with Crippen LogP contribution in [0.2, 0.25) is 0 Å². The number of rotatable bonds is 7. The van der Waals surface area contributed by atoms with Crippen LogP contribution in [-0.4, -0.2) is 36.2 Å². The van der Waals surface area contributed by atoms with E-state index in [1.165, 1.54) is 19.1 Å². The zero-order valence-electron chi connectivity index (χ0n) is 15.8. The molecule has 2 aromatic rings. The monoisotopic (exact) mass is 388 g/mol. The quantitative estimate of drug-likeness (QED) is 0.567. The average molecular weight is 388 g/mol. The Hall–Kier alpha value is -3.36. The van der Waals surface area contributed by atoms with Gasteiger partial charge in [-0.1, -0.05) is 5.16 Å². The first-order valence-electron chi connectivity index (χ1n) is 8.67. The summed E-state index contributed by atoms with van der Waals surface area (Å²) in [6.07, 6.45) is 0.511. The van der Waals surface area contributed by atoms with E-state index >= 15 is 0 Å². The lowest BCUT2D eigenvalue weighted by atomic mass is 10.1. The highest BCUT2D eigenvalue weighted by Crippen LogP contribution is 2.37. The molecule has 148 valence electrons. The van der Waals surface area contributed by atoms with Crippen molar-refractivity contribution in [3.63, 3.8) is 0 Å². The minimum Gasteiger partial charge on any atom is -0.456 e. The van der Waals surface area contributed by atoms with Gasteiger partial charge in [-0.25, -0.2) is 0 Å². The highest BCUT2D eigenvalue weighted by Gasteiger charge is 2.21. The van der Waals surface area contributed by atoms with Gasteiger partial charge in [-0.3, -0.25) is 14.4 Å². The molecule has 0 radical (unpaired) electrons. The van der Waals surface area contributed by atoms with Crippen molar-refractivity contribution in [3.8, 4) is 11.5 Å². The van der Waals surface area contributed by atoms with Gasteiger partial charge < -0.3 is 24.1 Å². The van der Waals surface area contributed by atoms with E-state index in [4.69, 9.17) is 18.7 Å². The molecule has 0 saturated heterocycles. The Bertz CT molecular complexity index is 913. The summed E-state index contributed by atoms with van der Waals surface area (Å²) in [5.74, 6) is 0.193. The fraction of sp³-hybridized carbons (Fsp3) is 0.368. The highest BCUT2D eigenvalue weighted by atomic mass is 16.7. The third kappa shape index (κ3) is 4.30. The number of aryl methyl sites for hydroxylation is 2. The van der Waals surface area contributed by atoms with Crippen LogP contribution in [0.5, 0.6) is 11.5 Å². The molecule has 0 spiro atoms. The first-order chi connectivity index (χ1) is 13.3. The minimum absolute atomic E-state index is 0.0484. The molecular formula is C19H20N2O7. The first kappa shape index (κ1) is 19.4. The molecule has 0 bridgehead atoms. The molecule has 1 amide bonds. The van der Waals surface area contributed by atoms with Gasteiger partial charge in [0.15, 0.2) is 23.9 Å². The van der Waals surface area contributed by atoms with Gasteiger partial charge in [0.2, 0.25) is 6.79 Å². The van der Waals surface area contributed by atoms with Crippen LogP contribution >= 0.6 is 0 Å². The second-order valence-electron chi connectivity index (χ2n) is 6.32. The maximum absolute atomic E-state index is 12.1. The third-order valence-corrected chi connectivity index (χ3v) is 4.29. The van der Waals surface area contributed by atoms with Gasteiger partial charge in [0, 0.05) is 23.6 Å². The van der Waals surface area contributed by atoms with Gasteiger partial charge in [-0.05, 0) is 33.3 Å². The first-order valence-corrected chi connectivity index (χ1v) is 8.67. The molecule has 0 atom stereocenters. The smallest absolute Gasteiger partial charge is 0.306 e. The Morgan fingerprint density at radius 2 is 1.89 bits per heavy atom. The summed E-state index contributed by atoms with van der Waals surface area (Å²) in [7, 11) is 0. The van der Waals surface area contributed by atoms with E-state index in [1.54, 1.807) is 13.8 Å². The molecule has 0 unspecified atom stereocenters. The van der Waals surface area contributed by atoms with Gasteiger partial charge in [-0.15, -0.1) is 0 Å². The van der Waals surface area contributed by atoms with Crippen LogP contribution in [0.3, 0.4) is 0 Å². The number of fused-ring (bicyclic) bond motifs is 1. The van der Waals surface area contributed by atoms with Crippen LogP contribution < -0.4 is 14.8 Å². The topological polar surface area (TPSA) is 117 Å². The molecule has 0 fully saturated rings. The number of anilines is 1. The van der Waals surface area contributed by atoms with Gasteiger partial charge >= 0.3 is 5.97 Å². The van der Waals surface area contributed by atoms with Gasteiger partial charge in [-0.2, -0.15) is 0 Å². The lowest BCUT2D eigenvalue weighted by Gasteiger charge is -2.11. The summed E-state index contributed by atoms with van der Waals surface area (Å²) in [6.45, 7) is 4.52. The largest absolute Gasteiger partial charge is 0.456 e. The van der Waals surface area contributed by atoms with E-state index in [-0.39, 0.29) is 30.2 Å². The Labute approximate surface area is 160 Å². The standard InChI is InChI=1S/C19H20N2O7/c1-10-13(12(3)28-21-10)4-5-19(24)25-8-18(23)20-15-7-17-16(26-9-27-17)6-14(15)11(2)22/h6-7H,4-5,8-9H2,1-3H3,(H,20,23). The number of hydrogen-bond donors (Lipinski definition) is 1. The number of carbonyl (C=O) groups is 3. The second-order valence-corrected chi connectivity index (χ2v) is 6.32. The zero-order valence-corrected chi connectivity index (χ0v) is 15.8. The minimum atomic E-state index is -0.563. The fourth-order valence-corrected chi connectivity index (χ4v) is 2.83. The van der Waals surface area contributed by atoms with Gasteiger partial charge in [0.05, 0.1) is 11.4 Å². The average Bonchev–Trinajstić information content (AvgIpc) is 3.23. The predicted octanol–water partition coefficient (Wildman–Crippen LogP) is 2.34. The van der Waals surface area contributed by atoms with Crippen molar-refractivity contribution in [3.05, 3.63) is 34.7 Å². The Kier molecular flexibility index (Phi) is 5.62. The van der Waals surface area contributed by atoms with Crippen LogP contribution in [0.4, 0.5) is 5.69 Å². The number of amides is 1. The summed E-state index contributed by atoms with van der Waals surface area (Å²) in [5, 5.41) is 6.39. The molecule has 9 heteroatoms. The number of aromatic nitrogens is 1. The van der Waals surface area contributed by atoms with Crippen LogP contribution in [0.15, 0.2) is 16.7 Å². The summed E-state index contributed by atoms with van der Waals surface area (Å²) in [4.78, 5) is 35.9. The number of ether oxygens (including phenoxy) is 3. The predicted molar refractivity (Wildman–Crippen MR) is 96.5 cm³/mol. The van der Waals surface area contributed by atoms with E-state index in [0.717, 1.165) is 11.3 Å². The molecule has 1 aliphatic rings. The number of esters is 1. The van der Waals surface area contributed by atoms with Crippen LogP contribution in [0.25, 0.3) is 0 Å². The van der Waals surface area contributed by atoms with Crippen molar-refractivity contribution in [2.45, 2.75) is 33.6 Å². The number of carbonyl (C=O) groups excluding carboxylic acids is 3. The van der Waals surface area contributed by atoms with Crippen molar-refractivity contribution in [1.29, 1.82) is 0 Å². The summed E-state index contributed by atoms with van der Waals surface area (Å²) in [6, 6.07) is 3.02. The molecule has 0 saturated carbocycles. The molecule has 1 N–H and O–H groups in total. The van der Waals surface area contributed by atoms with Crippen LogP contribution in [0.1, 0.15) is 40.7 Å². The van der Waals surface area contributed by atoms with Crippen LogP contribution in [0, 0.1) is 13.8 Å². The van der Waals surface area contributed by atoms with E-state index in [0.29, 0.717) is 23.7 Å². The Balaban J connectivity index is 1.54. The van der Waals surface area contributed by atoms with E-state index in [1.807, 2.05) is 0 Å². The maximum Gasteiger partial charge on any atom is 0.306 e. The Morgan fingerprint density at radius 3 is 2.54 bits per heavy atom.